The fraction of sp³-hybridized carbons (Fsp3) is 0.349. The summed E-state index contributed by atoms with van der Waals surface area (Å²) < 4.78 is 33.3. The lowest BCUT2D eigenvalue weighted by molar-refractivity contribution is 0.0224. The van der Waals surface area contributed by atoms with Crippen molar-refractivity contribution < 1.29 is 28.2 Å². The van der Waals surface area contributed by atoms with Crippen molar-refractivity contribution in [1.29, 1.82) is 0 Å². The van der Waals surface area contributed by atoms with E-state index in [2.05, 4.69) is 18.2 Å². The average molecular weight is 730 g/mol. The van der Waals surface area contributed by atoms with E-state index in [4.69, 9.17) is 24.3 Å². The average Bonchev–Trinajstić information content (AvgIpc) is 3.83. The van der Waals surface area contributed by atoms with E-state index in [9.17, 15) is 14.0 Å². The van der Waals surface area contributed by atoms with Gasteiger partial charge < -0.3 is 24.0 Å². The molecule has 11 heteroatoms. The number of pyridine rings is 1. The van der Waals surface area contributed by atoms with E-state index in [0.717, 1.165) is 64.0 Å². The number of methoxy groups -OCH3 is 1. The van der Waals surface area contributed by atoms with Crippen LogP contribution in [0.3, 0.4) is 0 Å². The van der Waals surface area contributed by atoms with Crippen molar-refractivity contribution in [3.8, 4) is 39.4 Å². The molecule has 8 rings (SSSR count). The van der Waals surface area contributed by atoms with E-state index in [1.165, 1.54) is 28.8 Å². The number of likely N-dealkylation sites (tertiary alicyclic amines) is 1. The van der Waals surface area contributed by atoms with Gasteiger partial charge in [-0.1, -0.05) is 42.5 Å². The third-order valence-electron chi connectivity index (χ3n) is 10.4. The number of aromatic nitrogens is 3. The van der Waals surface area contributed by atoms with Crippen molar-refractivity contribution in [2.45, 2.75) is 71.2 Å². The normalized spacial score (nSPS) is 15.4. The number of amides is 2. The van der Waals surface area contributed by atoms with Crippen LogP contribution in [0, 0.1) is 5.82 Å². The number of fused-ring (bicyclic) bond motifs is 2. The molecule has 1 saturated heterocycles. The zero-order valence-corrected chi connectivity index (χ0v) is 31.1. The Kier molecular flexibility index (Phi) is 9.33. The van der Waals surface area contributed by atoms with E-state index in [1.54, 1.807) is 23.0 Å². The Hall–Kier alpha value is -5.71. The number of nitrogens with zero attached hydrogens (tertiary/aromatic N) is 5. The van der Waals surface area contributed by atoms with E-state index in [-0.39, 0.29) is 30.7 Å². The van der Waals surface area contributed by atoms with Crippen LogP contribution in [0.1, 0.15) is 61.1 Å². The molecular weight excluding hydrogens is 686 g/mol. The fourth-order valence-corrected chi connectivity index (χ4v) is 7.69. The van der Waals surface area contributed by atoms with Crippen LogP contribution in [0.2, 0.25) is 0 Å². The first-order valence-electron chi connectivity index (χ1n) is 18.5. The van der Waals surface area contributed by atoms with Crippen molar-refractivity contribution >= 4 is 12.2 Å². The first-order chi connectivity index (χ1) is 26.0. The first kappa shape index (κ1) is 35.3. The second-order valence-electron chi connectivity index (χ2n) is 15.3. The Morgan fingerprint density at radius 1 is 0.870 bits per heavy atom. The summed E-state index contributed by atoms with van der Waals surface area (Å²) in [7, 11) is 1.56. The lowest BCUT2D eigenvalue weighted by atomic mass is 9.89. The maximum atomic E-state index is 14.5. The van der Waals surface area contributed by atoms with Crippen molar-refractivity contribution in [3.05, 3.63) is 113 Å². The molecule has 0 radical (unpaired) electrons. The van der Waals surface area contributed by atoms with Crippen LogP contribution in [0.5, 0.6) is 5.75 Å². The van der Waals surface area contributed by atoms with Gasteiger partial charge in [-0.05, 0) is 92.5 Å². The summed E-state index contributed by atoms with van der Waals surface area (Å²) in [5.74, 6) is 0.0709. The highest BCUT2D eigenvalue weighted by Gasteiger charge is 2.35. The van der Waals surface area contributed by atoms with Crippen LogP contribution in [0.25, 0.3) is 33.6 Å². The summed E-state index contributed by atoms with van der Waals surface area (Å²) >= 11 is 0. The van der Waals surface area contributed by atoms with E-state index in [1.807, 2.05) is 68.2 Å². The van der Waals surface area contributed by atoms with Crippen LogP contribution < -0.4 is 4.74 Å². The first-order valence-corrected chi connectivity index (χ1v) is 18.5. The van der Waals surface area contributed by atoms with Crippen LogP contribution in [0.4, 0.5) is 14.0 Å². The predicted octanol–water partition coefficient (Wildman–Crippen LogP) is 8.40. The van der Waals surface area contributed by atoms with Crippen molar-refractivity contribution in [1.82, 2.24) is 24.6 Å². The molecule has 2 aromatic heterocycles. The Labute approximate surface area is 314 Å². The minimum Gasteiger partial charge on any atom is -0.496 e. The molecule has 1 aliphatic carbocycles. The summed E-state index contributed by atoms with van der Waals surface area (Å²) in [6.45, 7) is 7.90. The molecule has 54 heavy (non-hydrogen) atoms. The molecule has 1 fully saturated rings. The van der Waals surface area contributed by atoms with Gasteiger partial charge in [-0.3, -0.25) is 4.68 Å². The van der Waals surface area contributed by atoms with Gasteiger partial charge in [-0.2, -0.15) is 5.10 Å². The molecule has 3 aromatic carbocycles. The minimum absolute atomic E-state index is 0.0124. The molecule has 2 amide bonds. The molecule has 3 aliphatic rings. The number of halogens is 1. The highest BCUT2D eigenvalue weighted by Crippen LogP contribution is 2.46. The number of ether oxygens (including phenoxy) is 3. The molecule has 0 unspecified atom stereocenters. The monoisotopic (exact) mass is 729 g/mol. The SMILES string of the molecule is COc1cc(F)ccc1-c1c(-c2cnn(C3CN(C(=O)OCc4ccccc4)C3)c2)nc(-c2ccc3c(c2)CCN(C(=O)OC(C)(C)C)C3)c2c1CCC2. The van der Waals surface area contributed by atoms with Gasteiger partial charge in [0.15, 0.2) is 0 Å². The molecule has 5 aromatic rings. The van der Waals surface area contributed by atoms with Crippen LogP contribution >= 0.6 is 0 Å². The maximum Gasteiger partial charge on any atom is 0.410 e. The lowest BCUT2D eigenvalue weighted by Crippen LogP contribution is -2.51. The molecule has 278 valence electrons. The third-order valence-corrected chi connectivity index (χ3v) is 10.4. The van der Waals surface area contributed by atoms with Crippen molar-refractivity contribution in [3.63, 3.8) is 0 Å². The van der Waals surface area contributed by atoms with Gasteiger partial charge >= 0.3 is 12.2 Å². The Morgan fingerprint density at radius 3 is 2.44 bits per heavy atom. The number of hydrogen-bond donors (Lipinski definition) is 0. The van der Waals surface area contributed by atoms with Gasteiger partial charge in [0.05, 0.1) is 30.7 Å². The van der Waals surface area contributed by atoms with Crippen LogP contribution in [-0.4, -0.2) is 69.1 Å². The summed E-state index contributed by atoms with van der Waals surface area (Å²) in [6, 6.07) is 20.7. The number of benzene rings is 3. The molecule has 0 saturated carbocycles. The summed E-state index contributed by atoms with van der Waals surface area (Å²) in [6.07, 6.45) is 6.57. The summed E-state index contributed by atoms with van der Waals surface area (Å²) in [5, 5.41) is 4.75. The fourth-order valence-electron chi connectivity index (χ4n) is 7.69. The molecule has 2 aliphatic heterocycles. The highest BCUT2D eigenvalue weighted by atomic mass is 19.1. The molecular formula is C43H44FN5O5. The number of carbonyl (C=O) groups is 2. The number of hydrogen-bond acceptors (Lipinski definition) is 7. The number of rotatable bonds is 7. The second kappa shape index (κ2) is 14.3. The predicted molar refractivity (Wildman–Crippen MR) is 202 cm³/mol. The molecule has 10 nitrogen and oxygen atoms in total. The topological polar surface area (TPSA) is 99.0 Å². The van der Waals surface area contributed by atoms with Gasteiger partial charge in [0.1, 0.15) is 23.8 Å². The quantitative estimate of drug-likeness (QED) is 0.166. The zero-order chi connectivity index (χ0) is 37.6. The van der Waals surface area contributed by atoms with E-state index < -0.39 is 5.60 Å². The maximum absolute atomic E-state index is 14.5. The molecule has 0 N–H and O–H groups in total. The summed E-state index contributed by atoms with van der Waals surface area (Å²) in [4.78, 5) is 34.5. The van der Waals surface area contributed by atoms with Crippen molar-refractivity contribution in [2.75, 3.05) is 26.7 Å². The van der Waals surface area contributed by atoms with Crippen LogP contribution in [-0.2, 0) is 41.9 Å². The highest BCUT2D eigenvalue weighted by molar-refractivity contribution is 5.90. The summed E-state index contributed by atoms with van der Waals surface area (Å²) in [5.41, 5.74) is 10.2. The largest absolute Gasteiger partial charge is 0.496 e. The van der Waals surface area contributed by atoms with E-state index in [0.29, 0.717) is 38.3 Å². The Bertz CT molecular complexity index is 2220. The molecule has 0 bridgehead atoms. The molecule has 0 atom stereocenters. The Morgan fingerprint density at radius 2 is 1.67 bits per heavy atom. The standard InChI is InChI=1S/C43H44FN5O5/c1-43(2,3)54-42(51)47-18-17-28-19-29(13-14-30(28)22-47)39-35-12-8-11-34(35)38(36-16-15-32(44)20-37(36)52-4)40(46-39)31-21-45-49(23-31)33-24-48(25-33)41(50)53-26-27-9-6-5-7-10-27/h5-7,9-10,13-16,19-21,23,33H,8,11-12,17-18,22,24-26H2,1-4H3. The minimum atomic E-state index is -0.555. The lowest BCUT2D eigenvalue weighted by Gasteiger charge is -2.38. The molecule has 0 spiro atoms. The third kappa shape index (κ3) is 7.02. The van der Waals surface area contributed by atoms with Crippen LogP contribution in [0.15, 0.2) is 79.1 Å². The molecule has 4 heterocycles. The number of carbonyl (C=O) groups excluding carboxylic acids is 2. The second-order valence-corrected chi connectivity index (χ2v) is 15.3. The van der Waals surface area contributed by atoms with E-state index >= 15 is 0 Å². The Balaban J connectivity index is 1.11. The van der Waals surface area contributed by atoms with Gasteiger partial charge in [-0.15, -0.1) is 0 Å². The van der Waals surface area contributed by atoms with Gasteiger partial charge in [0.2, 0.25) is 0 Å². The van der Waals surface area contributed by atoms with Crippen molar-refractivity contribution in [2.24, 2.45) is 0 Å². The van der Waals surface area contributed by atoms with Gasteiger partial charge in [0, 0.05) is 60.7 Å². The van der Waals surface area contributed by atoms with Gasteiger partial charge in [-0.25, -0.2) is 19.0 Å². The zero-order valence-electron chi connectivity index (χ0n) is 31.1. The smallest absolute Gasteiger partial charge is 0.410 e. The van der Waals surface area contributed by atoms with Gasteiger partial charge in [0.25, 0.3) is 0 Å².